The Bertz CT molecular complexity index is 1220. The van der Waals surface area contributed by atoms with Crippen molar-refractivity contribution in [3.05, 3.63) is 68.4 Å². The van der Waals surface area contributed by atoms with Gasteiger partial charge in [-0.25, -0.2) is 19.0 Å². The summed E-state index contributed by atoms with van der Waals surface area (Å²) < 4.78 is 21.6. The smallest absolute Gasteiger partial charge is 0.331 e. The van der Waals surface area contributed by atoms with E-state index in [9.17, 15) is 18.8 Å². The molecule has 0 saturated heterocycles. The number of carbonyl (C=O) groups is 1. The van der Waals surface area contributed by atoms with Gasteiger partial charge in [0.05, 0.1) is 0 Å². The molecule has 9 heteroatoms. The number of rotatable bonds is 9. The van der Waals surface area contributed by atoms with Gasteiger partial charge >= 0.3 is 11.7 Å². The Labute approximate surface area is 178 Å². The van der Waals surface area contributed by atoms with Crippen molar-refractivity contribution in [2.24, 2.45) is 0 Å². The summed E-state index contributed by atoms with van der Waals surface area (Å²) in [6, 6.07) is 5.82. The first-order chi connectivity index (χ1) is 14.9. The van der Waals surface area contributed by atoms with Crippen LogP contribution in [0.25, 0.3) is 17.2 Å². The van der Waals surface area contributed by atoms with Crippen molar-refractivity contribution in [2.45, 2.75) is 52.8 Å². The number of nitrogens with one attached hydrogen (secondary N) is 1. The van der Waals surface area contributed by atoms with E-state index in [4.69, 9.17) is 4.74 Å². The summed E-state index contributed by atoms with van der Waals surface area (Å²) >= 11 is 0. The predicted octanol–water partition coefficient (Wildman–Crippen LogP) is 2.99. The average Bonchev–Trinajstić information content (AvgIpc) is 3.09. The van der Waals surface area contributed by atoms with Gasteiger partial charge in [-0.15, -0.1) is 0 Å². The van der Waals surface area contributed by atoms with Crippen molar-refractivity contribution in [1.29, 1.82) is 0 Å². The number of esters is 1. The maximum Gasteiger partial charge on any atom is 0.331 e. The van der Waals surface area contributed by atoms with Crippen LogP contribution in [0.15, 0.2) is 39.9 Å². The minimum absolute atomic E-state index is 0.164. The zero-order chi connectivity index (χ0) is 22.4. The van der Waals surface area contributed by atoms with Crippen LogP contribution in [0, 0.1) is 5.82 Å². The van der Waals surface area contributed by atoms with Crippen LogP contribution in [0.1, 0.15) is 44.5 Å². The Hall–Kier alpha value is -3.49. The summed E-state index contributed by atoms with van der Waals surface area (Å²) in [6.45, 7) is 4.71. The summed E-state index contributed by atoms with van der Waals surface area (Å²) in [5.41, 5.74) is 0.0866. The van der Waals surface area contributed by atoms with Gasteiger partial charge in [0, 0.05) is 19.2 Å². The number of aryl methyl sites for hydroxylation is 2. The van der Waals surface area contributed by atoms with Crippen molar-refractivity contribution >= 4 is 23.2 Å². The number of carbonyl (C=O) groups excluding carboxylic acids is 1. The third kappa shape index (κ3) is 5.17. The van der Waals surface area contributed by atoms with Gasteiger partial charge in [-0.2, -0.15) is 0 Å². The molecule has 1 aromatic carbocycles. The molecule has 0 aliphatic heterocycles. The second-order valence-corrected chi connectivity index (χ2v) is 7.11. The molecule has 0 spiro atoms. The molecule has 0 amide bonds. The van der Waals surface area contributed by atoms with E-state index < -0.39 is 23.0 Å². The molecule has 0 aliphatic rings. The molecule has 31 heavy (non-hydrogen) atoms. The standard InChI is InChI=1S/C22H25FN4O4/c1-3-5-12-27-20-19(21(29)25-22(27)30)26(11-4-2)17(24-20)14-31-18(28)10-9-15-7-6-8-16(23)13-15/h6-10,13H,3-5,11-12,14H2,1-2H3,(H,25,29,30)/b10-9+. The number of hydrogen-bond acceptors (Lipinski definition) is 5. The Morgan fingerprint density at radius 2 is 2.00 bits per heavy atom. The SMILES string of the molecule is CCCCn1c(=O)[nH]c(=O)c2c1nc(COC(=O)/C=C/c1cccc(F)c1)n2CCC. The highest BCUT2D eigenvalue weighted by molar-refractivity contribution is 5.87. The zero-order valence-corrected chi connectivity index (χ0v) is 17.6. The predicted molar refractivity (Wildman–Crippen MR) is 115 cm³/mol. The van der Waals surface area contributed by atoms with Crippen LogP contribution in [-0.2, 0) is 29.2 Å². The Morgan fingerprint density at radius 1 is 1.19 bits per heavy atom. The number of unbranched alkanes of at least 4 members (excludes halogenated alkanes) is 1. The van der Waals surface area contributed by atoms with Crippen LogP contribution >= 0.6 is 0 Å². The molecule has 2 aromatic heterocycles. The Kier molecular flexibility index (Phi) is 7.17. The molecule has 1 N–H and O–H groups in total. The molecule has 0 fully saturated rings. The van der Waals surface area contributed by atoms with Crippen molar-refractivity contribution in [1.82, 2.24) is 19.1 Å². The van der Waals surface area contributed by atoms with E-state index in [1.807, 2.05) is 13.8 Å². The number of aromatic amines is 1. The second kappa shape index (κ2) is 10.0. The van der Waals surface area contributed by atoms with Gasteiger partial charge in [-0.05, 0) is 36.6 Å². The average molecular weight is 428 g/mol. The molecule has 0 bridgehead atoms. The van der Waals surface area contributed by atoms with Crippen LogP contribution in [0.2, 0.25) is 0 Å². The highest BCUT2D eigenvalue weighted by Gasteiger charge is 2.18. The number of imidazole rings is 1. The summed E-state index contributed by atoms with van der Waals surface area (Å²) in [6.07, 6.45) is 5.01. The quantitative estimate of drug-likeness (QED) is 0.417. The molecular formula is C22H25FN4O4. The molecule has 0 radical (unpaired) electrons. The summed E-state index contributed by atoms with van der Waals surface area (Å²) in [5, 5.41) is 0. The maximum atomic E-state index is 13.2. The van der Waals surface area contributed by atoms with Gasteiger partial charge in [0.2, 0.25) is 0 Å². The van der Waals surface area contributed by atoms with Crippen LogP contribution in [-0.4, -0.2) is 25.1 Å². The lowest BCUT2D eigenvalue weighted by atomic mass is 10.2. The normalized spacial score (nSPS) is 11.5. The maximum absolute atomic E-state index is 13.2. The number of halogens is 1. The third-order valence-electron chi connectivity index (χ3n) is 4.75. The van der Waals surface area contributed by atoms with Gasteiger partial charge in [-0.1, -0.05) is 32.4 Å². The van der Waals surface area contributed by atoms with E-state index in [0.29, 0.717) is 30.0 Å². The van der Waals surface area contributed by atoms with Crippen LogP contribution < -0.4 is 11.2 Å². The Morgan fingerprint density at radius 3 is 2.71 bits per heavy atom. The van der Waals surface area contributed by atoms with E-state index in [0.717, 1.165) is 19.3 Å². The first kappa shape index (κ1) is 22.2. The third-order valence-corrected chi connectivity index (χ3v) is 4.75. The minimum Gasteiger partial charge on any atom is -0.454 e. The van der Waals surface area contributed by atoms with Gasteiger partial charge in [0.25, 0.3) is 5.56 Å². The number of aromatic nitrogens is 4. The zero-order valence-electron chi connectivity index (χ0n) is 17.6. The number of benzene rings is 1. The fourth-order valence-corrected chi connectivity index (χ4v) is 3.27. The van der Waals surface area contributed by atoms with E-state index in [1.54, 1.807) is 16.7 Å². The Balaban J connectivity index is 1.88. The molecule has 2 heterocycles. The molecule has 164 valence electrons. The van der Waals surface area contributed by atoms with Crippen molar-refractivity contribution in [3.8, 4) is 0 Å². The minimum atomic E-state index is -0.628. The molecule has 0 saturated carbocycles. The number of hydrogen-bond donors (Lipinski definition) is 1. The number of nitrogens with zero attached hydrogens (tertiary/aromatic N) is 3. The van der Waals surface area contributed by atoms with Gasteiger partial charge in [0.15, 0.2) is 11.2 Å². The lowest BCUT2D eigenvalue weighted by molar-refractivity contribution is -0.139. The lowest BCUT2D eigenvalue weighted by Crippen LogP contribution is -2.31. The topological polar surface area (TPSA) is 99.0 Å². The molecule has 0 atom stereocenters. The van der Waals surface area contributed by atoms with E-state index in [1.165, 1.54) is 28.9 Å². The lowest BCUT2D eigenvalue weighted by Gasteiger charge is -2.08. The second-order valence-electron chi connectivity index (χ2n) is 7.11. The highest BCUT2D eigenvalue weighted by atomic mass is 19.1. The number of fused-ring (bicyclic) bond motifs is 1. The molecular weight excluding hydrogens is 403 g/mol. The molecule has 0 unspecified atom stereocenters. The molecule has 0 aliphatic carbocycles. The monoisotopic (exact) mass is 428 g/mol. The van der Waals surface area contributed by atoms with Crippen molar-refractivity contribution in [3.63, 3.8) is 0 Å². The fraction of sp³-hybridized carbons (Fsp3) is 0.364. The fourth-order valence-electron chi connectivity index (χ4n) is 3.27. The van der Waals surface area contributed by atoms with Crippen molar-refractivity contribution in [2.75, 3.05) is 0 Å². The van der Waals surface area contributed by atoms with Crippen molar-refractivity contribution < 1.29 is 13.9 Å². The first-order valence-electron chi connectivity index (χ1n) is 10.3. The molecule has 3 rings (SSSR count). The van der Waals surface area contributed by atoms with E-state index >= 15 is 0 Å². The summed E-state index contributed by atoms with van der Waals surface area (Å²) in [7, 11) is 0. The molecule has 8 nitrogen and oxygen atoms in total. The van der Waals surface area contributed by atoms with Crippen LogP contribution in [0.3, 0.4) is 0 Å². The largest absolute Gasteiger partial charge is 0.454 e. The van der Waals surface area contributed by atoms with Gasteiger partial charge in [0.1, 0.15) is 18.2 Å². The van der Waals surface area contributed by atoms with E-state index in [-0.39, 0.29) is 12.3 Å². The number of H-pyrrole nitrogens is 1. The first-order valence-corrected chi connectivity index (χ1v) is 10.3. The van der Waals surface area contributed by atoms with E-state index in [2.05, 4.69) is 9.97 Å². The number of ether oxygens (including phenoxy) is 1. The highest BCUT2D eigenvalue weighted by Crippen LogP contribution is 2.14. The van der Waals surface area contributed by atoms with Gasteiger partial charge in [-0.3, -0.25) is 14.3 Å². The summed E-state index contributed by atoms with van der Waals surface area (Å²) in [5.74, 6) is -0.648. The van der Waals surface area contributed by atoms with Crippen LogP contribution in [0.4, 0.5) is 4.39 Å². The van der Waals surface area contributed by atoms with Gasteiger partial charge < -0.3 is 9.30 Å². The summed E-state index contributed by atoms with van der Waals surface area (Å²) in [4.78, 5) is 43.7. The van der Waals surface area contributed by atoms with Crippen LogP contribution in [0.5, 0.6) is 0 Å². The molecule has 3 aromatic rings.